The third-order valence-electron chi connectivity index (χ3n) is 3.98. The SMILES string of the molecule is CN(c1ccc(OCC(C)(C)C)cc1)c1ccc(Oc2ccccn2)cc1. The lowest BCUT2D eigenvalue weighted by Crippen LogP contribution is -2.16. The summed E-state index contributed by atoms with van der Waals surface area (Å²) in [7, 11) is 2.04. The smallest absolute Gasteiger partial charge is 0.219 e. The summed E-state index contributed by atoms with van der Waals surface area (Å²) in [5.74, 6) is 2.24. The number of hydrogen-bond donors (Lipinski definition) is 0. The van der Waals surface area contributed by atoms with E-state index in [9.17, 15) is 0 Å². The first-order chi connectivity index (χ1) is 12.9. The van der Waals surface area contributed by atoms with Gasteiger partial charge in [-0.1, -0.05) is 26.8 Å². The van der Waals surface area contributed by atoms with Crippen molar-refractivity contribution in [1.82, 2.24) is 4.98 Å². The zero-order valence-electron chi connectivity index (χ0n) is 16.3. The molecule has 0 aliphatic rings. The van der Waals surface area contributed by atoms with Gasteiger partial charge in [-0.05, 0) is 60.0 Å². The molecule has 1 aromatic heterocycles. The Morgan fingerprint density at radius 1 is 0.815 bits per heavy atom. The second kappa shape index (κ2) is 8.12. The molecule has 0 atom stereocenters. The van der Waals surface area contributed by atoms with Crippen LogP contribution in [0.25, 0.3) is 0 Å². The highest BCUT2D eigenvalue weighted by molar-refractivity contribution is 5.63. The first-order valence-electron chi connectivity index (χ1n) is 9.06. The van der Waals surface area contributed by atoms with Crippen LogP contribution in [0.2, 0.25) is 0 Å². The van der Waals surface area contributed by atoms with Crippen LogP contribution < -0.4 is 14.4 Å². The summed E-state index contributed by atoms with van der Waals surface area (Å²) in [5, 5.41) is 0. The minimum absolute atomic E-state index is 0.147. The lowest BCUT2D eigenvalue weighted by molar-refractivity contribution is 0.198. The Hall–Kier alpha value is -3.01. The molecule has 0 amide bonds. The van der Waals surface area contributed by atoms with Gasteiger partial charge in [0.1, 0.15) is 11.5 Å². The Kier molecular flexibility index (Phi) is 5.65. The largest absolute Gasteiger partial charge is 0.493 e. The lowest BCUT2D eigenvalue weighted by Gasteiger charge is -2.21. The predicted octanol–water partition coefficient (Wildman–Crippen LogP) is 6.07. The van der Waals surface area contributed by atoms with Gasteiger partial charge in [-0.15, -0.1) is 0 Å². The van der Waals surface area contributed by atoms with E-state index in [1.165, 1.54) is 0 Å². The van der Waals surface area contributed by atoms with Gasteiger partial charge in [-0.2, -0.15) is 0 Å². The molecule has 0 fully saturated rings. The van der Waals surface area contributed by atoms with Gasteiger partial charge in [-0.3, -0.25) is 0 Å². The van der Waals surface area contributed by atoms with Crippen LogP contribution in [0.15, 0.2) is 72.9 Å². The Bertz CT molecular complexity index is 838. The van der Waals surface area contributed by atoms with Gasteiger partial charge >= 0.3 is 0 Å². The molecule has 27 heavy (non-hydrogen) atoms. The van der Waals surface area contributed by atoms with E-state index in [1.807, 2.05) is 61.6 Å². The summed E-state index contributed by atoms with van der Waals surface area (Å²) < 4.78 is 11.6. The average Bonchev–Trinajstić information content (AvgIpc) is 2.67. The zero-order chi connectivity index (χ0) is 19.3. The molecule has 0 N–H and O–H groups in total. The molecular weight excluding hydrogens is 336 g/mol. The number of hydrogen-bond acceptors (Lipinski definition) is 4. The zero-order valence-corrected chi connectivity index (χ0v) is 16.3. The first kappa shape index (κ1) is 18.8. The van der Waals surface area contributed by atoms with Crippen molar-refractivity contribution in [2.24, 2.45) is 5.41 Å². The van der Waals surface area contributed by atoms with Crippen molar-refractivity contribution in [2.45, 2.75) is 20.8 Å². The molecule has 0 saturated heterocycles. The molecule has 4 heteroatoms. The Morgan fingerprint density at radius 2 is 1.41 bits per heavy atom. The van der Waals surface area contributed by atoms with Gasteiger partial charge in [0.15, 0.2) is 0 Å². The molecule has 3 aromatic rings. The molecule has 2 aromatic carbocycles. The molecule has 4 nitrogen and oxygen atoms in total. The highest BCUT2D eigenvalue weighted by atomic mass is 16.5. The monoisotopic (exact) mass is 362 g/mol. The summed E-state index contributed by atoms with van der Waals surface area (Å²) in [6.45, 7) is 7.18. The highest BCUT2D eigenvalue weighted by Gasteiger charge is 2.11. The van der Waals surface area contributed by atoms with E-state index < -0.39 is 0 Å². The fraction of sp³-hybridized carbons (Fsp3) is 0.261. The molecule has 0 bridgehead atoms. The second-order valence-corrected chi connectivity index (χ2v) is 7.67. The van der Waals surface area contributed by atoms with Crippen LogP contribution in [0, 0.1) is 5.41 Å². The third-order valence-corrected chi connectivity index (χ3v) is 3.98. The first-order valence-corrected chi connectivity index (χ1v) is 9.06. The van der Waals surface area contributed by atoms with E-state index in [0.717, 1.165) is 22.9 Å². The van der Waals surface area contributed by atoms with Crippen LogP contribution in [0.5, 0.6) is 17.4 Å². The van der Waals surface area contributed by atoms with Gasteiger partial charge in [0.05, 0.1) is 6.61 Å². The number of rotatable bonds is 6. The van der Waals surface area contributed by atoms with Crippen LogP contribution in [0.4, 0.5) is 11.4 Å². The fourth-order valence-electron chi connectivity index (χ4n) is 2.48. The minimum atomic E-state index is 0.147. The maximum Gasteiger partial charge on any atom is 0.219 e. The third kappa shape index (κ3) is 5.48. The number of benzene rings is 2. The number of pyridine rings is 1. The van der Waals surface area contributed by atoms with E-state index in [0.29, 0.717) is 12.5 Å². The minimum Gasteiger partial charge on any atom is -0.493 e. The summed E-state index contributed by atoms with van der Waals surface area (Å²) in [6.07, 6.45) is 1.71. The summed E-state index contributed by atoms with van der Waals surface area (Å²) >= 11 is 0. The molecule has 0 unspecified atom stereocenters. The van der Waals surface area contributed by atoms with E-state index in [-0.39, 0.29) is 5.41 Å². The van der Waals surface area contributed by atoms with Crippen LogP contribution >= 0.6 is 0 Å². The number of anilines is 2. The number of aromatic nitrogens is 1. The van der Waals surface area contributed by atoms with Gasteiger partial charge in [0.25, 0.3) is 0 Å². The van der Waals surface area contributed by atoms with Crippen LogP contribution in [-0.4, -0.2) is 18.6 Å². The average molecular weight is 362 g/mol. The van der Waals surface area contributed by atoms with Gasteiger partial charge < -0.3 is 14.4 Å². The van der Waals surface area contributed by atoms with Crippen molar-refractivity contribution in [3.63, 3.8) is 0 Å². The van der Waals surface area contributed by atoms with Crippen LogP contribution in [0.3, 0.4) is 0 Å². The fourth-order valence-corrected chi connectivity index (χ4v) is 2.48. The molecule has 0 spiro atoms. The molecule has 0 radical (unpaired) electrons. The van der Waals surface area contributed by atoms with E-state index >= 15 is 0 Å². The molecule has 0 aliphatic heterocycles. The Morgan fingerprint density at radius 3 is 1.93 bits per heavy atom. The van der Waals surface area contributed by atoms with Crippen molar-refractivity contribution in [3.05, 3.63) is 72.9 Å². The van der Waals surface area contributed by atoms with Crippen molar-refractivity contribution in [2.75, 3.05) is 18.6 Å². The van der Waals surface area contributed by atoms with Crippen LogP contribution in [-0.2, 0) is 0 Å². The molecule has 1 heterocycles. The predicted molar refractivity (Wildman–Crippen MR) is 110 cm³/mol. The Labute approximate surface area is 161 Å². The molecule has 0 aliphatic carbocycles. The highest BCUT2D eigenvalue weighted by Crippen LogP contribution is 2.28. The summed E-state index contributed by atoms with van der Waals surface area (Å²) in [4.78, 5) is 6.30. The van der Waals surface area contributed by atoms with E-state index in [4.69, 9.17) is 9.47 Å². The second-order valence-electron chi connectivity index (χ2n) is 7.67. The quantitative estimate of drug-likeness (QED) is 0.533. The molecule has 140 valence electrons. The van der Waals surface area contributed by atoms with Gasteiger partial charge in [0, 0.05) is 30.7 Å². The normalized spacial score (nSPS) is 11.1. The molecule has 3 rings (SSSR count). The standard InChI is InChI=1S/C23H26N2O2/c1-23(2,3)17-26-20-12-8-18(9-13-20)25(4)19-10-14-21(15-11-19)27-22-7-5-6-16-24-22/h5-16H,17H2,1-4H3. The van der Waals surface area contributed by atoms with Gasteiger partial charge in [0.2, 0.25) is 5.88 Å². The Balaban J connectivity index is 1.64. The lowest BCUT2D eigenvalue weighted by atomic mass is 9.99. The molecule has 0 saturated carbocycles. The van der Waals surface area contributed by atoms with Crippen molar-refractivity contribution in [1.29, 1.82) is 0 Å². The van der Waals surface area contributed by atoms with Gasteiger partial charge in [-0.25, -0.2) is 4.98 Å². The van der Waals surface area contributed by atoms with Crippen LogP contribution in [0.1, 0.15) is 20.8 Å². The van der Waals surface area contributed by atoms with Crippen molar-refractivity contribution in [3.8, 4) is 17.4 Å². The summed E-state index contributed by atoms with van der Waals surface area (Å²) in [6, 6.07) is 21.7. The molecular formula is C23H26N2O2. The maximum atomic E-state index is 5.84. The van der Waals surface area contributed by atoms with Crippen molar-refractivity contribution >= 4 is 11.4 Å². The summed E-state index contributed by atoms with van der Waals surface area (Å²) in [5.41, 5.74) is 2.32. The number of ether oxygens (including phenoxy) is 2. The van der Waals surface area contributed by atoms with E-state index in [2.05, 4.69) is 42.8 Å². The van der Waals surface area contributed by atoms with E-state index in [1.54, 1.807) is 6.20 Å². The topological polar surface area (TPSA) is 34.6 Å². The number of nitrogens with zero attached hydrogens (tertiary/aromatic N) is 2. The van der Waals surface area contributed by atoms with Crippen molar-refractivity contribution < 1.29 is 9.47 Å². The maximum absolute atomic E-state index is 5.84.